The zero-order chi connectivity index (χ0) is 16.6. The van der Waals surface area contributed by atoms with Gasteiger partial charge in [-0.15, -0.1) is 0 Å². The predicted octanol–water partition coefficient (Wildman–Crippen LogP) is 3.86. The number of ether oxygens (including phenoxy) is 1. The third-order valence-electron chi connectivity index (χ3n) is 3.31. The van der Waals surface area contributed by atoms with Crippen molar-refractivity contribution in [3.8, 4) is 5.75 Å². The summed E-state index contributed by atoms with van der Waals surface area (Å²) in [7, 11) is 0. The minimum atomic E-state index is -1.00. The van der Waals surface area contributed by atoms with Gasteiger partial charge in [0.1, 0.15) is 5.75 Å². The Balaban J connectivity index is 1.75. The van der Waals surface area contributed by atoms with Crippen LogP contribution < -0.4 is 10.1 Å². The molecule has 1 amide bonds. The van der Waals surface area contributed by atoms with Crippen LogP contribution in [0, 0.1) is 0 Å². The van der Waals surface area contributed by atoms with Crippen LogP contribution in [0.15, 0.2) is 47.4 Å². The molecule has 0 saturated heterocycles. The van der Waals surface area contributed by atoms with Crippen LogP contribution in [-0.4, -0.2) is 21.9 Å². The van der Waals surface area contributed by atoms with Crippen LogP contribution in [0.3, 0.4) is 0 Å². The highest BCUT2D eigenvalue weighted by atomic mass is 32.2. The Labute approximate surface area is 137 Å². The largest absolute Gasteiger partial charge is 0.478 e. The van der Waals surface area contributed by atoms with Crippen molar-refractivity contribution in [2.45, 2.75) is 23.7 Å². The number of fused-ring (bicyclic) bond motifs is 1. The molecule has 0 radical (unpaired) electrons. The van der Waals surface area contributed by atoms with Crippen LogP contribution in [0.2, 0.25) is 0 Å². The van der Waals surface area contributed by atoms with Crippen molar-refractivity contribution in [3.05, 3.63) is 53.6 Å². The molecular formula is C17H15NO4S. The van der Waals surface area contributed by atoms with Crippen LogP contribution in [0.1, 0.15) is 34.6 Å². The Kier molecular flexibility index (Phi) is 3.77. The van der Waals surface area contributed by atoms with Crippen LogP contribution in [0.5, 0.6) is 5.75 Å². The van der Waals surface area contributed by atoms with Gasteiger partial charge in [0.25, 0.3) is 5.91 Å². The van der Waals surface area contributed by atoms with Crippen molar-refractivity contribution < 1.29 is 19.4 Å². The first-order valence-electron chi connectivity index (χ1n) is 7.01. The number of amides is 1. The summed E-state index contributed by atoms with van der Waals surface area (Å²) >= 11 is 1.61. The number of carboxylic acids is 1. The Hall–Kier alpha value is -2.47. The lowest BCUT2D eigenvalue weighted by atomic mass is 10.1. The third-order valence-corrected chi connectivity index (χ3v) is 4.44. The van der Waals surface area contributed by atoms with Crippen molar-refractivity contribution in [1.82, 2.24) is 0 Å². The normalized spacial score (nSPS) is 14.7. The molecule has 23 heavy (non-hydrogen) atoms. The molecule has 0 bridgehead atoms. The van der Waals surface area contributed by atoms with Gasteiger partial charge in [-0.25, -0.2) is 4.79 Å². The highest BCUT2D eigenvalue weighted by molar-refractivity contribution is 8.00. The SMILES string of the molecule is CC1(C)Oc2cc(C(=O)Nc3ccc(C(=O)O)cc3)ccc2S1. The van der Waals surface area contributed by atoms with Crippen molar-refractivity contribution in [3.63, 3.8) is 0 Å². The summed E-state index contributed by atoms with van der Waals surface area (Å²) < 4.78 is 5.80. The number of carbonyl (C=O) groups is 2. The van der Waals surface area contributed by atoms with Crippen LogP contribution in [-0.2, 0) is 0 Å². The summed E-state index contributed by atoms with van der Waals surface area (Å²) in [6.07, 6.45) is 0. The summed E-state index contributed by atoms with van der Waals surface area (Å²) in [5, 5.41) is 11.6. The quantitative estimate of drug-likeness (QED) is 0.894. The number of rotatable bonds is 3. The van der Waals surface area contributed by atoms with Gasteiger partial charge < -0.3 is 15.2 Å². The minimum Gasteiger partial charge on any atom is -0.478 e. The number of carboxylic acid groups (broad SMARTS) is 1. The Morgan fingerprint density at radius 3 is 2.39 bits per heavy atom. The highest BCUT2D eigenvalue weighted by Crippen LogP contribution is 2.47. The van der Waals surface area contributed by atoms with Crippen molar-refractivity contribution in [2.75, 3.05) is 5.32 Å². The topological polar surface area (TPSA) is 75.6 Å². The van der Waals surface area contributed by atoms with E-state index in [-0.39, 0.29) is 16.4 Å². The van der Waals surface area contributed by atoms with Gasteiger partial charge in [0.2, 0.25) is 0 Å². The van der Waals surface area contributed by atoms with Gasteiger partial charge in [0.05, 0.1) is 10.5 Å². The summed E-state index contributed by atoms with van der Waals surface area (Å²) in [6, 6.07) is 11.4. The third kappa shape index (κ3) is 3.32. The summed E-state index contributed by atoms with van der Waals surface area (Å²) in [5.74, 6) is -0.568. The fraction of sp³-hybridized carbons (Fsp3) is 0.176. The molecule has 118 valence electrons. The molecule has 2 aromatic carbocycles. The van der Waals surface area contributed by atoms with Crippen molar-refractivity contribution in [1.29, 1.82) is 0 Å². The Bertz CT molecular complexity index is 784. The van der Waals surface area contributed by atoms with E-state index in [4.69, 9.17) is 9.84 Å². The van der Waals surface area contributed by atoms with E-state index in [9.17, 15) is 9.59 Å². The number of nitrogens with one attached hydrogen (secondary N) is 1. The maximum atomic E-state index is 12.3. The van der Waals surface area contributed by atoms with E-state index in [1.165, 1.54) is 12.1 Å². The average molecular weight is 329 g/mol. The van der Waals surface area contributed by atoms with E-state index >= 15 is 0 Å². The van der Waals surface area contributed by atoms with Gasteiger partial charge in [-0.3, -0.25) is 4.79 Å². The highest BCUT2D eigenvalue weighted by Gasteiger charge is 2.31. The molecule has 2 aromatic rings. The first-order valence-corrected chi connectivity index (χ1v) is 7.82. The molecule has 0 fully saturated rings. The van der Waals surface area contributed by atoms with Crippen molar-refractivity contribution >= 4 is 29.3 Å². The van der Waals surface area contributed by atoms with Gasteiger partial charge in [-0.2, -0.15) is 0 Å². The lowest BCUT2D eigenvalue weighted by Crippen LogP contribution is -2.18. The number of thioether (sulfide) groups is 1. The maximum Gasteiger partial charge on any atom is 0.335 e. The molecule has 3 rings (SSSR count). The summed E-state index contributed by atoms with van der Waals surface area (Å²) in [5.41, 5.74) is 1.20. The minimum absolute atomic E-state index is 0.174. The fourth-order valence-electron chi connectivity index (χ4n) is 2.26. The van der Waals surface area contributed by atoms with Gasteiger partial charge in [0.15, 0.2) is 4.93 Å². The van der Waals surface area contributed by atoms with Crippen LogP contribution >= 0.6 is 11.8 Å². The summed E-state index contributed by atoms with van der Waals surface area (Å²) in [6.45, 7) is 3.95. The maximum absolute atomic E-state index is 12.3. The zero-order valence-corrected chi connectivity index (χ0v) is 13.4. The number of benzene rings is 2. The molecule has 5 nitrogen and oxygen atoms in total. The van der Waals surface area contributed by atoms with Gasteiger partial charge in [0, 0.05) is 11.3 Å². The number of hydrogen-bond acceptors (Lipinski definition) is 4. The monoisotopic (exact) mass is 329 g/mol. The number of anilines is 1. The molecule has 0 atom stereocenters. The molecule has 0 spiro atoms. The van der Waals surface area contributed by atoms with Crippen LogP contribution in [0.25, 0.3) is 0 Å². The summed E-state index contributed by atoms with van der Waals surface area (Å²) in [4.78, 5) is 23.8. The van der Waals surface area contributed by atoms with E-state index in [1.807, 2.05) is 19.9 Å². The lowest BCUT2D eigenvalue weighted by Gasteiger charge is -2.15. The lowest BCUT2D eigenvalue weighted by molar-refractivity contribution is 0.0696. The van der Waals surface area contributed by atoms with E-state index in [0.717, 1.165) is 4.90 Å². The second-order valence-electron chi connectivity index (χ2n) is 5.60. The number of hydrogen-bond donors (Lipinski definition) is 2. The smallest absolute Gasteiger partial charge is 0.335 e. The number of aromatic carboxylic acids is 1. The van der Waals surface area contributed by atoms with Gasteiger partial charge >= 0.3 is 5.97 Å². The number of carbonyl (C=O) groups excluding carboxylic acids is 1. The van der Waals surface area contributed by atoms with E-state index in [1.54, 1.807) is 36.0 Å². The average Bonchev–Trinajstić information content (AvgIpc) is 2.80. The molecular weight excluding hydrogens is 314 g/mol. The standard InChI is InChI=1S/C17H15NO4S/c1-17(2)22-13-9-11(5-8-14(13)23-17)15(19)18-12-6-3-10(4-7-12)16(20)21/h3-9H,1-2H3,(H,18,19)(H,20,21). The first-order chi connectivity index (χ1) is 10.8. The van der Waals surface area contributed by atoms with Crippen LogP contribution in [0.4, 0.5) is 5.69 Å². The molecule has 1 heterocycles. The molecule has 1 aliphatic heterocycles. The van der Waals surface area contributed by atoms with E-state index in [0.29, 0.717) is 17.0 Å². The second kappa shape index (κ2) is 5.62. The Morgan fingerprint density at radius 2 is 1.74 bits per heavy atom. The predicted molar refractivity (Wildman–Crippen MR) is 88.4 cm³/mol. The van der Waals surface area contributed by atoms with Gasteiger partial charge in [-0.05, 0) is 56.3 Å². The van der Waals surface area contributed by atoms with Gasteiger partial charge in [-0.1, -0.05) is 11.8 Å². The van der Waals surface area contributed by atoms with Crippen molar-refractivity contribution in [2.24, 2.45) is 0 Å². The molecule has 1 aliphatic rings. The molecule has 0 saturated carbocycles. The van der Waals surface area contributed by atoms with E-state index < -0.39 is 5.97 Å². The zero-order valence-electron chi connectivity index (χ0n) is 12.6. The first kappa shape index (κ1) is 15.4. The van der Waals surface area contributed by atoms with E-state index in [2.05, 4.69) is 5.32 Å². The molecule has 0 aliphatic carbocycles. The Morgan fingerprint density at radius 1 is 1.09 bits per heavy atom. The molecule has 6 heteroatoms. The molecule has 2 N–H and O–H groups in total. The molecule has 0 unspecified atom stereocenters. The molecule has 0 aromatic heterocycles. The second-order valence-corrected chi connectivity index (χ2v) is 7.23. The fourth-order valence-corrected chi connectivity index (χ4v) is 3.26.